The molecular weight excluding hydrogens is 306 g/mol. The van der Waals surface area contributed by atoms with Crippen LogP contribution in [-0.2, 0) is 11.2 Å². The van der Waals surface area contributed by atoms with Crippen LogP contribution in [0.5, 0.6) is 0 Å². The molecule has 1 amide bonds. The van der Waals surface area contributed by atoms with Crippen molar-refractivity contribution in [2.24, 2.45) is 5.73 Å². The molecule has 1 aromatic heterocycles. The van der Waals surface area contributed by atoms with Gasteiger partial charge in [0, 0.05) is 23.0 Å². The van der Waals surface area contributed by atoms with Gasteiger partial charge in [-0.25, -0.2) is 4.98 Å². The number of carbonyl (C=O) groups excluding carboxylic acids is 1. The highest BCUT2D eigenvalue weighted by Crippen LogP contribution is 2.24. The van der Waals surface area contributed by atoms with E-state index < -0.39 is 0 Å². The minimum atomic E-state index is -0.315. The molecule has 3 N–H and O–H groups in total. The number of aromatic nitrogens is 1. The number of rotatable bonds is 7. The number of nitrogens with zero attached hydrogens (tertiary/aromatic N) is 1. The highest BCUT2D eigenvalue weighted by Gasteiger charge is 2.21. The van der Waals surface area contributed by atoms with E-state index in [2.05, 4.69) is 29.4 Å². The van der Waals surface area contributed by atoms with Gasteiger partial charge in [-0.3, -0.25) is 4.79 Å². The zero-order valence-electron chi connectivity index (χ0n) is 14.1. The third-order valence-electron chi connectivity index (χ3n) is 4.20. The molecule has 0 unspecified atom stereocenters. The zero-order valence-corrected chi connectivity index (χ0v) is 14.9. The molecule has 0 spiro atoms. The average Bonchev–Trinajstić information content (AvgIpc) is 3.01. The third-order valence-corrected chi connectivity index (χ3v) is 5.14. The molecule has 0 bridgehead atoms. The van der Waals surface area contributed by atoms with E-state index in [9.17, 15) is 4.79 Å². The maximum Gasteiger partial charge on any atom is 0.226 e. The molecule has 0 radical (unpaired) electrons. The molecule has 2 rings (SSSR count). The van der Waals surface area contributed by atoms with Gasteiger partial charge in [-0.1, -0.05) is 37.6 Å². The third kappa shape index (κ3) is 4.88. The Hall–Kier alpha value is -1.72. The Labute approximate surface area is 142 Å². The molecule has 0 aliphatic heterocycles. The lowest BCUT2D eigenvalue weighted by molar-refractivity contribution is -0.120. The summed E-state index contributed by atoms with van der Waals surface area (Å²) in [5, 5.41) is 5.83. The molecule has 0 atom stereocenters. The number of aryl methyl sites for hydroxylation is 1. The van der Waals surface area contributed by atoms with Crippen molar-refractivity contribution in [1.82, 2.24) is 10.3 Å². The van der Waals surface area contributed by atoms with Crippen molar-refractivity contribution in [3.05, 3.63) is 40.9 Å². The zero-order chi connectivity index (χ0) is 16.9. The molecule has 0 aliphatic carbocycles. The first-order valence-corrected chi connectivity index (χ1v) is 8.91. The largest absolute Gasteiger partial charge is 0.354 e. The normalized spacial score (nSPS) is 11.5. The fourth-order valence-corrected chi connectivity index (χ4v) is 3.12. The van der Waals surface area contributed by atoms with E-state index in [1.165, 1.54) is 5.56 Å². The summed E-state index contributed by atoms with van der Waals surface area (Å²) < 4.78 is 0. The second-order valence-electron chi connectivity index (χ2n) is 6.04. The second kappa shape index (κ2) is 7.70. The summed E-state index contributed by atoms with van der Waals surface area (Å²) >= 11 is 1.57. The maximum absolute atomic E-state index is 12.1. The smallest absolute Gasteiger partial charge is 0.226 e. The SMILES string of the molecule is CCC(N)(CC)CNC(=O)Cc1csc(-c2cccc(C)c2)n1. The molecule has 1 heterocycles. The summed E-state index contributed by atoms with van der Waals surface area (Å²) in [6.07, 6.45) is 1.99. The average molecular weight is 331 g/mol. The minimum Gasteiger partial charge on any atom is -0.354 e. The van der Waals surface area contributed by atoms with E-state index in [0.29, 0.717) is 13.0 Å². The van der Waals surface area contributed by atoms with Crippen LogP contribution in [0, 0.1) is 6.92 Å². The predicted molar refractivity (Wildman–Crippen MR) is 96.5 cm³/mol. The molecule has 0 fully saturated rings. The van der Waals surface area contributed by atoms with Gasteiger partial charge in [-0.2, -0.15) is 0 Å². The van der Waals surface area contributed by atoms with Gasteiger partial charge in [0.05, 0.1) is 12.1 Å². The molecule has 0 aliphatic rings. The second-order valence-corrected chi connectivity index (χ2v) is 6.89. The lowest BCUT2D eigenvalue weighted by atomic mass is 9.94. The fourth-order valence-electron chi connectivity index (χ4n) is 2.30. The standard InChI is InChI=1S/C18H25N3OS/c1-4-18(19,5-2)12-20-16(22)10-15-11-23-17(21-15)14-8-6-7-13(3)9-14/h6-9,11H,4-5,10,12,19H2,1-3H3,(H,20,22). The first kappa shape index (κ1) is 17.6. The summed E-state index contributed by atoms with van der Waals surface area (Å²) in [6.45, 7) is 6.66. The summed E-state index contributed by atoms with van der Waals surface area (Å²) in [4.78, 5) is 16.7. The number of hydrogen-bond acceptors (Lipinski definition) is 4. The van der Waals surface area contributed by atoms with Crippen molar-refractivity contribution in [1.29, 1.82) is 0 Å². The Morgan fingerprint density at radius 1 is 1.35 bits per heavy atom. The number of amides is 1. The Bertz CT molecular complexity index is 662. The van der Waals surface area contributed by atoms with E-state index in [-0.39, 0.29) is 11.4 Å². The van der Waals surface area contributed by atoms with Gasteiger partial charge in [0.2, 0.25) is 5.91 Å². The van der Waals surface area contributed by atoms with E-state index in [1.54, 1.807) is 11.3 Å². The van der Waals surface area contributed by atoms with Crippen LogP contribution in [0.25, 0.3) is 10.6 Å². The lowest BCUT2D eigenvalue weighted by Crippen LogP contribution is -2.49. The number of benzene rings is 1. The van der Waals surface area contributed by atoms with Crippen molar-refractivity contribution in [3.63, 3.8) is 0 Å². The van der Waals surface area contributed by atoms with Crippen LogP contribution >= 0.6 is 11.3 Å². The molecule has 4 nitrogen and oxygen atoms in total. The monoisotopic (exact) mass is 331 g/mol. The van der Waals surface area contributed by atoms with E-state index in [1.807, 2.05) is 31.4 Å². The van der Waals surface area contributed by atoms with Gasteiger partial charge in [0.25, 0.3) is 0 Å². The van der Waals surface area contributed by atoms with E-state index >= 15 is 0 Å². The van der Waals surface area contributed by atoms with Crippen LogP contribution in [0.2, 0.25) is 0 Å². The molecule has 2 aromatic rings. The first-order valence-electron chi connectivity index (χ1n) is 8.03. The highest BCUT2D eigenvalue weighted by atomic mass is 32.1. The summed E-state index contributed by atoms with van der Waals surface area (Å²) in [6, 6.07) is 8.23. The van der Waals surface area contributed by atoms with Crippen molar-refractivity contribution in [3.8, 4) is 10.6 Å². The number of carbonyl (C=O) groups is 1. The van der Waals surface area contributed by atoms with Crippen LogP contribution in [0.3, 0.4) is 0 Å². The Morgan fingerprint density at radius 3 is 2.74 bits per heavy atom. The fraction of sp³-hybridized carbons (Fsp3) is 0.444. The van der Waals surface area contributed by atoms with Crippen molar-refractivity contribution in [2.75, 3.05) is 6.54 Å². The summed E-state index contributed by atoms with van der Waals surface area (Å²) in [5.41, 5.74) is 9.00. The molecule has 124 valence electrons. The van der Waals surface area contributed by atoms with Crippen LogP contribution in [0.4, 0.5) is 0 Å². The molecule has 23 heavy (non-hydrogen) atoms. The number of nitrogens with one attached hydrogen (secondary N) is 1. The van der Waals surface area contributed by atoms with Crippen LogP contribution in [0.1, 0.15) is 37.9 Å². The Kier molecular flexibility index (Phi) is 5.91. The van der Waals surface area contributed by atoms with Crippen LogP contribution in [0.15, 0.2) is 29.6 Å². The van der Waals surface area contributed by atoms with Crippen molar-refractivity contribution in [2.45, 2.75) is 45.6 Å². The summed E-state index contributed by atoms with van der Waals surface area (Å²) in [7, 11) is 0. The maximum atomic E-state index is 12.1. The lowest BCUT2D eigenvalue weighted by Gasteiger charge is -2.26. The van der Waals surface area contributed by atoms with Gasteiger partial charge in [-0.15, -0.1) is 11.3 Å². The van der Waals surface area contributed by atoms with Crippen LogP contribution < -0.4 is 11.1 Å². The minimum absolute atomic E-state index is 0.0252. The molecule has 5 heteroatoms. The molecular formula is C18H25N3OS. The Balaban J connectivity index is 1.95. The Morgan fingerprint density at radius 2 is 2.09 bits per heavy atom. The topological polar surface area (TPSA) is 68.0 Å². The van der Waals surface area contributed by atoms with E-state index in [0.717, 1.165) is 29.1 Å². The molecule has 1 aromatic carbocycles. The van der Waals surface area contributed by atoms with Gasteiger partial charge in [0.15, 0.2) is 0 Å². The molecule has 0 saturated heterocycles. The van der Waals surface area contributed by atoms with Crippen molar-refractivity contribution < 1.29 is 4.79 Å². The van der Waals surface area contributed by atoms with Crippen LogP contribution in [-0.4, -0.2) is 23.0 Å². The van der Waals surface area contributed by atoms with E-state index in [4.69, 9.17) is 5.73 Å². The van der Waals surface area contributed by atoms with Gasteiger partial charge >= 0.3 is 0 Å². The number of nitrogens with two attached hydrogens (primary N) is 1. The van der Waals surface area contributed by atoms with Gasteiger partial charge < -0.3 is 11.1 Å². The number of thiazole rings is 1. The van der Waals surface area contributed by atoms with Crippen molar-refractivity contribution >= 4 is 17.2 Å². The van der Waals surface area contributed by atoms with Gasteiger partial charge in [-0.05, 0) is 25.8 Å². The quantitative estimate of drug-likeness (QED) is 0.818. The predicted octanol–water partition coefficient (Wildman–Crippen LogP) is 3.29. The number of hydrogen-bond donors (Lipinski definition) is 2. The summed E-state index contributed by atoms with van der Waals surface area (Å²) in [5.74, 6) is -0.0252. The highest BCUT2D eigenvalue weighted by molar-refractivity contribution is 7.13. The molecule has 0 saturated carbocycles. The van der Waals surface area contributed by atoms with Gasteiger partial charge in [0.1, 0.15) is 5.01 Å². The first-order chi connectivity index (χ1) is 11.0.